The van der Waals surface area contributed by atoms with E-state index in [0.717, 1.165) is 33.1 Å². The minimum absolute atomic E-state index is 0.118. The maximum atomic E-state index is 13.3. The lowest BCUT2D eigenvalue weighted by Crippen LogP contribution is -2.45. The summed E-state index contributed by atoms with van der Waals surface area (Å²) in [5.41, 5.74) is 0.238. The summed E-state index contributed by atoms with van der Waals surface area (Å²) in [5, 5.41) is 0. The van der Waals surface area contributed by atoms with Crippen molar-refractivity contribution < 1.29 is 23.9 Å². The van der Waals surface area contributed by atoms with Crippen LogP contribution in [0.25, 0.3) is 5.65 Å². The molecule has 2 aliphatic rings. The molecule has 2 saturated heterocycles. The van der Waals surface area contributed by atoms with Gasteiger partial charge in [-0.15, -0.1) is 0 Å². The van der Waals surface area contributed by atoms with Gasteiger partial charge in [0.15, 0.2) is 17.1 Å². The van der Waals surface area contributed by atoms with Crippen molar-refractivity contribution in [1.29, 1.82) is 0 Å². The van der Waals surface area contributed by atoms with Gasteiger partial charge in [0.25, 0.3) is 0 Å². The Balaban J connectivity index is 1.97. The van der Waals surface area contributed by atoms with E-state index in [9.17, 15) is 19.2 Å². The Hall–Kier alpha value is -3.47. The SMILES string of the molecule is CC(=O)Oc1c(C(C)=O)nc2c(N3CCCOC3=O)cc(N3CCN(C)CC3)cn2c1=O. The maximum absolute atomic E-state index is 13.3. The van der Waals surface area contributed by atoms with Crippen molar-refractivity contribution in [3.63, 3.8) is 0 Å². The third-order valence-corrected chi connectivity index (χ3v) is 5.56. The van der Waals surface area contributed by atoms with Crippen LogP contribution >= 0.6 is 0 Å². The second kappa shape index (κ2) is 8.58. The summed E-state index contributed by atoms with van der Waals surface area (Å²) >= 11 is 0. The summed E-state index contributed by atoms with van der Waals surface area (Å²) < 4.78 is 11.5. The Kier molecular flexibility index (Phi) is 5.83. The van der Waals surface area contributed by atoms with Gasteiger partial charge in [-0.05, 0) is 19.5 Å². The quantitative estimate of drug-likeness (QED) is 0.503. The highest BCUT2D eigenvalue weighted by Gasteiger charge is 2.28. The number of Topliss-reactive ketones (excluding diaryl/α,β-unsaturated/α-hetero) is 1. The number of ether oxygens (including phenoxy) is 2. The molecule has 2 aromatic rings. The van der Waals surface area contributed by atoms with E-state index in [2.05, 4.69) is 14.8 Å². The van der Waals surface area contributed by atoms with Crippen molar-refractivity contribution in [2.75, 3.05) is 56.2 Å². The summed E-state index contributed by atoms with van der Waals surface area (Å²) in [6, 6.07) is 1.79. The molecule has 0 spiro atoms. The molecule has 0 saturated carbocycles. The number of ketones is 1. The van der Waals surface area contributed by atoms with Crippen LogP contribution in [-0.4, -0.2) is 78.5 Å². The zero-order valence-electron chi connectivity index (χ0n) is 18.3. The lowest BCUT2D eigenvalue weighted by molar-refractivity contribution is -0.132. The zero-order valence-corrected chi connectivity index (χ0v) is 18.3. The molecule has 2 aromatic heterocycles. The van der Waals surface area contributed by atoms with E-state index in [0.29, 0.717) is 30.9 Å². The number of anilines is 2. The van der Waals surface area contributed by atoms with Gasteiger partial charge in [-0.3, -0.25) is 23.7 Å². The number of likely N-dealkylation sites (N-methyl/N-ethyl adjacent to an activating group) is 1. The normalized spacial score (nSPS) is 17.4. The van der Waals surface area contributed by atoms with Crippen LogP contribution in [0.15, 0.2) is 17.1 Å². The highest BCUT2D eigenvalue weighted by molar-refractivity contribution is 5.98. The molecule has 0 atom stereocenters. The lowest BCUT2D eigenvalue weighted by atomic mass is 10.2. The summed E-state index contributed by atoms with van der Waals surface area (Å²) in [4.78, 5) is 59.7. The van der Waals surface area contributed by atoms with Crippen LogP contribution in [0.3, 0.4) is 0 Å². The number of cyclic esters (lactones) is 1. The van der Waals surface area contributed by atoms with Crippen LogP contribution < -0.4 is 20.1 Å². The number of fused-ring (bicyclic) bond motifs is 1. The second-order valence-corrected chi connectivity index (χ2v) is 7.93. The molecule has 32 heavy (non-hydrogen) atoms. The number of nitrogens with zero attached hydrogens (tertiary/aromatic N) is 5. The Morgan fingerprint density at radius 1 is 1.09 bits per heavy atom. The Morgan fingerprint density at radius 3 is 2.44 bits per heavy atom. The molecule has 170 valence electrons. The van der Waals surface area contributed by atoms with Crippen LogP contribution in [0.2, 0.25) is 0 Å². The smallest absolute Gasteiger partial charge is 0.414 e. The van der Waals surface area contributed by atoms with E-state index in [-0.39, 0.29) is 11.3 Å². The van der Waals surface area contributed by atoms with Crippen molar-refractivity contribution >= 4 is 34.9 Å². The van der Waals surface area contributed by atoms with Crippen LogP contribution in [0.1, 0.15) is 30.8 Å². The largest absolute Gasteiger partial charge is 0.449 e. The molecule has 0 N–H and O–H groups in total. The molecule has 0 aliphatic carbocycles. The van der Waals surface area contributed by atoms with Gasteiger partial charge in [-0.2, -0.15) is 0 Å². The molecule has 0 radical (unpaired) electrons. The third kappa shape index (κ3) is 4.03. The van der Waals surface area contributed by atoms with Gasteiger partial charge in [0.2, 0.25) is 5.75 Å². The van der Waals surface area contributed by atoms with Gasteiger partial charge >= 0.3 is 17.6 Å². The summed E-state index contributed by atoms with van der Waals surface area (Å²) in [6.07, 6.45) is 1.67. The fourth-order valence-corrected chi connectivity index (χ4v) is 3.87. The average molecular weight is 443 g/mol. The first-order chi connectivity index (χ1) is 15.3. The van der Waals surface area contributed by atoms with Gasteiger partial charge in [-0.25, -0.2) is 9.78 Å². The molecule has 0 bridgehead atoms. The summed E-state index contributed by atoms with van der Waals surface area (Å²) in [5.74, 6) is -1.69. The van der Waals surface area contributed by atoms with Gasteiger partial charge in [0.1, 0.15) is 0 Å². The predicted octanol–water partition coefficient (Wildman–Crippen LogP) is 0.921. The molecule has 4 rings (SSSR count). The van der Waals surface area contributed by atoms with Gasteiger partial charge in [0.05, 0.1) is 18.0 Å². The molecule has 2 fully saturated rings. The van der Waals surface area contributed by atoms with Crippen molar-refractivity contribution in [3.8, 4) is 5.75 Å². The van der Waals surface area contributed by atoms with Crippen molar-refractivity contribution in [2.45, 2.75) is 20.3 Å². The van der Waals surface area contributed by atoms with Crippen molar-refractivity contribution in [2.24, 2.45) is 0 Å². The van der Waals surface area contributed by atoms with E-state index in [4.69, 9.17) is 9.47 Å². The fraction of sp³-hybridized carbons (Fsp3) is 0.476. The molecule has 11 heteroatoms. The Bertz CT molecular complexity index is 1150. The topological polar surface area (TPSA) is 114 Å². The molecular formula is C21H25N5O6. The highest BCUT2D eigenvalue weighted by atomic mass is 16.6. The zero-order chi connectivity index (χ0) is 23.0. The number of carbonyl (C=O) groups is 3. The molecule has 0 unspecified atom stereocenters. The van der Waals surface area contributed by atoms with Gasteiger partial charge < -0.3 is 19.3 Å². The van der Waals surface area contributed by atoms with Gasteiger partial charge in [0, 0.05) is 52.8 Å². The average Bonchev–Trinajstić information content (AvgIpc) is 2.75. The lowest BCUT2D eigenvalue weighted by Gasteiger charge is -2.35. The number of pyridine rings is 1. The molecule has 4 heterocycles. The molecule has 1 amide bonds. The van der Waals surface area contributed by atoms with E-state index in [1.54, 1.807) is 12.3 Å². The first-order valence-corrected chi connectivity index (χ1v) is 10.4. The number of piperazine rings is 1. The predicted molar refractivity (Wildman–Crippen MR) is 116 cm³/mol. The van der Waals surface area contributed by atoms with Crippen LogP contribution in [0.5, 0.6) is 5.75 Å². The molecule has 11 nitrogen and oxygen atoms in total. The summed E-state index contributed by atoms with van der Waals surface area (Å²) in [7, 11) is 2.04. The number of esters is 1. The Morgan fingerprint density at radius 2 is 1.81 bits per heavy atom. The van der Waals surface area contributed by atoms with Crippen LogP contribution in [0.4, 0.5) is 16.2 Å². The third-order valence-electron chi connectivity index (χ3n) is 5.56. The minimum atomic E-state index is -0.735. The fourth-order valence-electron chi connectivity index (χ4n) is 3.87. The second-order valence-electron chi connectivity index (χ2n) is 7.93. The molecular weight excluding hydrogens is 418 g/mol. The number of carbonyl (C=O) groups excluding carboxylic acids is 3. The maximum Gasteiger partial charge on any atom is 0.414 e. The number of aromatic nitrogens is 2. The molecule has 2 aliphatic heterocycles. The molecule has 0 aromatic carbocycles. The van der Waals surface area contributed by atoms with Gasteiger partial charge in [-0.1, -0.05) is 0 Å². The summed E-state index contributed by atoms with van der Waals surface area (Å²) in [6.45, 7) is 6.23. The van der Waals surface area contributed by atoms with E-state index < -0.39 is 29.2 Å². The highest BCUT2D eigenvalue weighted by Crippen LogP contribution is 2.30. The standard InChI is InChI=1S/C21H25N5O6/c1-13(27)17-18(32-14(2)28)20(29)26-12-15(24-8-6-23(3)7-9-24)11-16(19(26)22-17)25-5-4-10-31-21(25)30/h11-12H,4-10H2,1-3H3. The van der Waals surface area contributed by atoms with Crippen molar-refractivity contribution in [1.82, 2.24) is 14.3 Å². The first-order valence-electron chi connectivity index (χ1n) is 10.4. The number of rotatable bonds is 4. The number of amides is 1. The van der Waals surface area contributed by atoms with E-state index >= 15 is 0 Å². The van der Waals surface area contributed by atoms with E-state index in [1.165, 1.54) is 16.2 Å². The monoisotopic (exact) mass is 443 g/mol. The first kappa shape index (κ1) is 21.8. The van der Waals surface area contributed by atoms with Crippen LogP contribution in [-0.2, 0) is 9.53 Å². The van der Waals surface area contributed by atoms with E-state index in [1.807, 2.05) is 7.05 Å². The van der Waals surface area contributed by atoms with Crippen molar-refractivity contribution in [3.05, 3.63) is 28.3 Å². The number of hydrogen-bond donors (Lipinski definition) is 0. The number of hydrogen-bond acceptors (Lipinski definition) is 9. The Labute approximate surface area is 184 Å². The van der Waals surface area contributed by atoms with Crippen LogP contribution in [0, 0.1) is 0 Å². The minimum Gasteiger partial charge on any atom is -0.449 e.